The van der Waals surface area contributed by atoms with Crippen LogP contribution < -0.4 is 0 Å². The minimum absolute atomic E-state index is 0. The third-order valence-electron chi connectivity index (χ3n) is 3.99. The molecule has 0 aromatic rings. The first kappa shape index (κ1) is 23.4. The first-order valence-corrected chi connectivity index (χ1v) is 8.99. The quantitative estimate of drug-likeness (QED) is 0.306. The SMILES string of the molecule is CCCCCCCCCCCCCCCCCC(=O)O.[GaH3]. The molecule has 0 radical (unpaired) electrons. The van der Waals surface area contributed by atoms with Crippen LogP contribution in [0, 0.1) is 0 Å². The molecule has 0 saturated carbocycles. The molecule has 3 heteroatoms. The van der Waals surface area contributed by atoms with Crippen LogP contribution in [-0.4, -0.2) is 30.9 Å². The normalized spacial score (nSPS) is 10.3. The van der Waals surface area contributed by atoms with Crippen LogP contribution in [0.1, 0.15) is 110 Å². The van der Waals surface area contributed by atoms with E-state index in [1.54, 1.807) is 0 Å². The molecule has 0 aliphatic rings. The summed E-state index contributed by atoms with van der Waals surface area (Å²) in [6, 6.07) is 0. The summed E-state index contributed by atoms with van der Waals surface area (Å²) >= 11 is 0. The Kier molecular flexibility index (Phi) is 22.4. The van der Waals surface area contributed by atoms with Crippen LogP contribution in [-0.2, 0) is 4.79 Å². The molecule has 2 nitrogen and oxygen atoms in total. The first-order valence-electron chi connectivity index (χ1n) is 8.99. The fraction of sp³-hybridized carbons (Fsp3) is 0.944. The molecule has 0 unspecified atom stereocenters. The number of hydrogen-bond donors (Lipinski definition) is 1. The summed E-state index contributed by atoms with van der Waals surface area (Å²) in [6.45, 7) is 2.27. The molecule has 0 heterocycles. The Labute approximate surface area is 145 Å². The predicted octanol–water partition coefficient (Wildman–Crippen LogP) is 5.15. The molecule has 0 aromatic carbocycles. The van der Waals surface area contributed by atoms with Gasteiger partial charge in [0.05, 0.1) is 0 Å². The maximum absolute atomic E-state index is 10.3. The van der Waals surface area contributed by atoms with Gasteiger partial charge in [-0.1, -0.05) is 96.8 Å². The summed E-state index contributed by atoms with van der Waals surface area (Å²) in [6.07, 6.45) is 20.2. The molecule has 0 aromatic heterocycles. The van der Waals surface area contributed by atoms with Gasteiger partial charge in [0.2, 0.25) is 0 Å². The average Bonchev–Trinajstić information content (AvgIpc) is 2.43. The van der Waals surface area contributed by atoms with Crippen LogP contribution in [0.4, 0.5) is 0 Å². The number of aliphatic carboxylic acids is 1. The van der Waals surface area contributed by atoms with Crippen molar-refractivity contribution >= 4 is 25.8 Å². The van der Waals surface area contributed by atoms with Crippen molar-refractivity contribution in [2.75, 3.05) is 0 Å². The molecular weight excluding hydrogens is 318 g/mol. The number of hydrogen-bond acceptors (Lipinski definition) is 1. The van der Waals surface area contributed by atoms with Gasteiger partial charge in [0.15, 0.2) is 0 Å². The Bertz CT molecular complexity index is 207. The van der Waals surface area contributed by atoms with E-state index < -0.39 is 5.97 Å². The molecule has 0 spiro atoms. The van der Waals surface area contributed by atoms with Gasteiger partial charge in [0.25, 0.3) is 0 Å². The summed E-state index contributed by atoms with van der Waals surface area (Å²) in [5, 5.41) is 8.52. The van der Waals surface area contributed by atoms with Gasteiger partial charge in [-0.15, -0.1) is 0 Å². The fourth-order valence-corrected chi connectivity index (χ4v) is 2.65. The van der Waals surface area contributed by atoms with Gasteiger partial charge in [-0.05, 0) is 6.42 Å². The van der Waals surface area contributed by atoms with E-state index in [4.69, 9.17) is 5.11 Å². The Morgan fingerprint density at radius 2 is 0.905 bits per heavy atom. The van der Waals surface area contributed by atoms with E-state index in [-0.39, 0.29) is 19.8 Å². The van der Waals surface area contributed by atoms with Crippen molar-refractivity contribution in [3.05, 3.63) is 0 Å². The third kappa shape index (κ3) is 22.5. The summed E-state index contributed by atoms with van der Waals surface area (Å²) in [4.78, 5) is 10.3. The van der Waals surface area contributed by atoms with Crippen molar-refractivity contribution in [1.82, 2.24) is 0 Å². The number of carboxylic acid groups (broad SMARTS) is 1. The Morgan fingerprint density at radius 1 is 0.619 bits per heavy atom. The van der Waals surface area contributed by atoms with E-state index in [1.807, 2.05) is 0 Å². The van der Waals surface area contributed by atoms with E-state index in [1.165, 1.54) is 83.5 Å². The first-order chi connectivity index (χ1) is 9.77. The second-order valence-corrected chi connectivity index (χ2v) is 6.09. The zero-order valence-electron chi connectivity index (χ0n) is 13.7. The summed E-state index contributed by atoms with van der Waals surface area (Å²) in [5.41, 5.74) is 0. The zero-order valence-corrected chi connectivity index (χ0v) is 13.7. The van der Waals surface area contributed by atoms with Gasteiger partial charge in [-0.25, -0.2) is 0 Å². The maximum atomic E-state index is 10.3. The van der Waals surface area contributed by atoms with E-state index in [0.29, 0.717) is 6.42 Å². The van der Waals surface area contributed by atoms with Gasteiger partial charge in [0.1, 0.15) is 0 Å². The van der Waals surface area contributed by atoms with Crippen LogP contribution in [0.15, 0.2) is 0 Å². The van der Waals surface area contributed by atoms with Crippen molar-refractivity contribution in [3.8, 4) is 0 Å². The second-order valence-electron chi connectivity index (χ2n) is 6.09. The van der Waals surface area contributed by atoms with Crippen molar-refractivity contribution in [2.45, 2.75) is 110 Å². The van der Waals surface area contributed by atoms with Crippen molar-refractivity contribution < 1.29 is 9.90 Å². The molecule has 0 aliphatic carbocycles. The molecule has 0 bridgehead atoms. The standard InChI is InChI=1S/C18H36O2.Ga.3H/c1-2-3-4-5-6-7-8-9-10-11-12-13-14-15-16-17-18(19)20;;;;/h2-17H2,1H3,(H,19,20);;;;. The second kappa shape index (κ2) is 20.1. The average molecular weight is 357 g/mol. The zero-order chi connectivity index (χ0) is 14.9. The fourth-order valence-electron chi connectivity index (χ4n) is 2.65. The van der Waals surface area contributed by atoms with Gasteiger partial charge in [-0.2, -0.15) is 0 Å². The molecule has 126 valence electrons. The van der Waals surface area contributed by atoms with E-state index in [0.717, 1.165) is 12.8 Å². The molecule has 0 amide bonds. The topological polar surface area (TPSA) is 37.3 Å². The van der Waals surface area contributed by atoms with E-state index in [9.17, 15) is 4.79 Å². The molecule has 0 atom stereocenters. The van der Waals surface area contributed by atoms with Crippen LogP contribution in [0.5, 0.6) is 0 Å². The molecule has 0 saturated heterocycles. The van der Waals surface area contributed by atoms with Gasteiger partial charge in [0, 0.05) is 6.42 Å². The van der Waals surface area contributed by atoms with E-state index >= 15 is 0 Å². The van der Waals surface area contributed by atoms with Crippen LogP contribution in [0.2, 0.25) is 0 Å². The monoisotopic (exact) mass is 356 g/mol. The molecule has 0 aliphatic heterocycles. The number of carbonyl (C=O) groups is 1. The minimum atomic E-state index is -0.653. The van der Waals surface area contributed by atoms with Crippen molar-refractivity contribution in [3.63, 3.8) is 0 Å². The summed E-state index contributed by atoms with van der Waals surface area (Å²) < 4.78 is 0. The van der Waals surface area contributed by atoms with Crippen LogP contribution >= 0.6 is 0 Å². The molecule has 0 fully saturated rings. The molecule has 1 N–H and O–H groups in total. The Hall–Kier alpha value is 0.106. The Morgan fingerprint density at radius 3 is 1.19 bits per heavy atom. The van der Waals surface area contributed by atoms with Gasteiger partial charge in [-0.3, -0.25) is 4.79 Å². The van der Waals surface area contributed by atoms with Gasteiger partial charge >= 0.3 is 25.8 Å². The summed E-state index contributed by atoms with van der Waals surface area (Å²) in [7, 11) is 0. The third-order valence-corrected chi connectivity index (χ3v) is 3.99. The Balaban J connectivity index is 0. The van der Waals surface area contributed by atoms with E-state index in [2.05, 4.69) is 6.92 Å². The van der Waals surface area contributed by atoms with Crippen LogP contribution in [0.3, 0.4) is 0 Å². The molecular formula is C18H39GaO2. The summed E-state index contributed by atoms with van der Waals surface area (Å²) in [5.74, 6) is -0.653. The molecule has 21 heavy (non-hydrogen) atoms. The number of carboxylic acids is 1. The van der Waals surface area contributed by atoms with Crippen molar-refractivity contribution in [1.29, 1.82) is 0 Å². The number of rotatable bonds is 16. The van der Waals surface area contributed by atoms with Gasteiger partial charge < -0.3 is 5.11 Å². The predicted molar refractivity (Wildman–Crippen MR) is 97.1 cm³/mol. The van der Waals surface area contributed by atoms with Crippen LogP contribution in [0.25, 0.3) is 0 Å². The van der Waals surface area contributed by atoms with Crippen molar-refractivity contribution in [2.24, 2.45) is 0 Å². The number of unbranched alkanes of at least 4 members (excludes halogenated alkanes) is 14. The molecule has 0 rings (SSSR count).